The van der Waals surface area contributed by atoms with E-state index in [1.165, 1.54) is 7.11 Å². The average molecular weight is 203 g/mol. The van der Waals surface area contributed by atoms with Crippen molar-refractivity contribution in [2.24, 2.45) is 7.05 Å². The van der Waals surface area contributed by atoms with Crippen molar-refractivity contribution in [3.8, 4) is 0 Å². The first kappa shape index (κ1) is 9.77. The van der Waals surface area contributed by atoms with Crippen LogP contribution in [0, 0.1) is 6.92 Å². The molecule has 0 saturated heterocycles. The van der Waals surface area contributed by atoms with Gasteiger partial charge < -0.3 is 9.30 Å². The Labute approximate surface area is 88.3 Å². The maximum Gasteiger partial charge on any atom is 0.354 e. The lowest BCUT2D eigenvalue weighted by Crippen LogP contribution is -2.07. The van der Waals surface area contributed by atoms with Crippen LogP contribution in [0.2, 0.25) is 0 Å². The molecule has 1 heterocycles. The summed E-state index contributed by atoms with van der Waals surface area (Å²) < 4.78 is 6.60. The molecule has 0 fully saturated rings. The predicted molar refractivity (Wildman–Crippen MR) is 59.0 cm³/mol. The summed E-state index contributed by atoms with van der Waals surface area (Å²) in [7, 11) is 3.27. The zero-order valence-electron chi connectivity index (χ0n) is 9.07. The maximum absolute atomic E-state index is 11.5. The van der Waals surface area contributed by atoms with E-state index < -0.39 is 0 Å². The van der Waals surface area contributed by atoms with Crippen LogP contribution in [0.25, 0.3) is 10.9 Å². The number of rotatable bonds is 1. The van der Waals surface area contributed by atoms with Crippen LogP contribution in [0.5, 0.6) is 0 Å². The van der Waals surface area contributed by atoms with Crippen molar-refractivity contribution >= 4 is 16.9 Å². The van der Waals surface area contributed by atoms with E-state index in [1.807, 2.05) is 42.8 Å². The van der Waals surface area contributed by atoms with Gasteiger partial charge in [0.1, 0.15) is 5.69 Å². The summed E-state index contributed by atoms with van der Waals surface area (Å²) in [5.74, 6) is -0.298. The average Bonchev–Trinajstić information content (AvgIpc) is 2.56. The van der Waals surface area contributed by atoms with Gasteiger partial charge in [-0.2, -0.15) is 0 Å². The van der Waals surface area contributed by atoms with Gasteiger partial charge in [0.2, 0.25) is 0 Å². The zero-order chi connectivity index (χ0) is 11.0. The lowest BCUT2D eigenvalue weighted by atomic mass is 10.2. The van der Waals surface area contributed by atoms with Crippen molar-refractivity contribution in [2.45, 2.75) is 6.92 Å². The zero-order valence-corrected chi connectivity index (χ0v) is 9.07. The highest BCUT2D eigenvalue weighted by Gasteiger charge is 2.13. The van der Waals surface area contributed by atoms with E-state index >= 15 is 0 Å². The monoisotopic (exact) mass is 203 g/mol. The number of methoxy groups -OCH3 is 1. The molecule has 0 atom stereocenters. The summed E-state index contributed by atoms with van der Waals surface area (Å²) in [4.78, 5) is 11.5. The number of fused-ring (bicyclic) bond motifs is 1. The molecule has 3 heteroatoms. The summed E-state index contributed by atoms with van der Waals surface area (Å²) >= 11 is 0. The number of para-hydroxylation sites is 1. The summed E-state index contributed by atoms with van der Waals surface area (Å²) in [5, 5.41) is 1.07. The normalized spacial score (nSPS) is 10.6. The van der Waals surface area contributed by atoms with Crippen LogP contribution in [0.3, 0.4) is 0 Å². The van der Waals surface area contributed by atoms with Crippen LogP contribution in [0.4, 0.5) is 0 Å². The number of benzene rings is 1. The number of aryl methyl sites for hydroxylation is 2. The summed E-state index contributed by atoms with van der Waals surface area (Å²) in [6, 6.07) is 7.87. The number of hydrogen-bond acceptors (Lipinski definition) is 2. The lowest BCUT2D eigenvalue weighted by Gasteiger charge is -2.03. The fourth-order valence-electron chi connectivity index (χ4n) is 1.92. The molecule has 1 aromatic carbocycles. The van der Waals surface area contributed by atoms with E-state index in [0.29, 0.717) is 5.69 Å². The van der Waals surface area contributed by atoms with Crippen LogP contribution in [-0.2, 0) is 11.8 Å². The highest BCUT2D eigenvalue weighted by atomic mass is 16.5. The summed E-state index contributed by atoms with van der Waals surface area (Å²) in [6.07, 6.45) is 0. The molecule has 2 rings (SSSR count). The van der Waals surface area contributed by atoms with Gasteiger partial charge in [0.15, 0.2) is 0 Å². The Morgan fingerprint density at radius 2 is 2.13 bits per heavy atom. The van der Waals surface area contributed by atoms with Crippen LogP contribution in [-0.4, -0.2) is 17.6 Å². The van der Waals surface area contributed by atoms with Crippen molar-refractivity contribution in [3.63, 3.8) is 0 Å². The molecule has 0 amide bonds. The van der Waals surface area contributed by atoms with Crippen LogP contribution >= 0.6 is 0 Å². The van der Waals surface area contributed by atoms with E-state index in [1.54, 1.807) is 0 Å². The molecule has 0 aliphatic carbocycles. The van der Waals surface area contributed by atoms with Gasteiger partial charge in [-0.1, -0.05) is 18.2 Å². The van der Waals surface area contributed by atoms with E-state index in [0.717, 1.165) is 16.5 Å². The predicted octanol–water partition coefficient (Wildman–Crippen LogP) is 2.27. The van der Waals surface area contributed by atoms with E-state index in [-0.39, 0.29) is 5.97 Å². The minimum absolute atomic E-state index is 0.298. The highest BCUT2D eigenvalue weighted by molar-refractivity contribution is 5.96. The number of carbonyl (C=O) groups excluding carboxylic acids is 1. The molecular formula is C12H13NO2. The summed E-state index contributed by atoms with van der Waals surface area (Å²) in [5.41, 5.74) is 2.82. The number of esters is 1. The molecular weight excluding hydrogens is 190 g/mol. The quantitative estimate of drug-likeness (QED) is 0.666. The molecule has 0 aliphatic heterocycles. The first-order valence-electron chi connectivity index (χ1n) is 4.78. The first-order valence-corrected chi connectivity index (χ1v) is 4.78. The number of ether oxygens (including phenoxy) is 1. The largest absolute Gasteiger partial charge is 0.464 e. The first-order chi connectivity index (χ1) is 7.15. The van der Waals surface area contributed by atoms with Gasteiger partial charge in [-0.3, -0.25) is 0 Å². The van der Waals surface area contributed by atoms with Crippen LogP contribution < -0.4 is 0 Å². The fourth-order valence-corrected chi connectivity index (χ4v) is 1.92. The van der Waals surface area contributed by atoms with Gasteiger partial charge in [0, 0.05) is 12.4 Å². The molecule has 0 radical (unpaired) electrons. The molecule has 0 aliphatic rings. The number of aromatic nitrogens is 1. The molecule has 0 bridgehead atoms. The summed E-state index contributed by atoms with van der Waals surface area (Å²) in [6.45, 7) is 2.03. The highest BCUT2D eigenvalue weighted by Crippen LogP contribution is 2.22. The molecule has 1 aromatic heterocycles. The Hall–Kier alpha value is -1.77. The Kier molecular flexibility index (Phi) is 2.23. The van der Waals surface area contributed by atoms with Gasteiger partial charge in [0.25, 0.3) is 0 Å². The second-order valence-electron chi connectivity index (χ2n) is 3.59. The van der Waals surface area contributed by atoms with Crippen molar-refractivity contribution in [3.05, 3.63) is 35.5 Å². The second-order valence-corrected chi connectivity index (χ2v) is 3.59. The Morgan fingerprint density at radius 1 is 1.40 bits per heavy atom. The molecule has 78 valence electrons. The van der Waals surface area contributed by atoms with Crippen molar-refractivity contribution in [1.82, 2.24) is 4.57 Å². The van der Waals surface area contributed by atoms with E-state index in [9.17, 15) is 4.79 Å². The minimum Gasteiger partial charge on any atom is -0.464 e. The Balaban J connectivity index is 2.75. The molecule has 0 spiro atoms. The van der Waals surface area contributed by atoms with Gasteiger partial charge in [-0.25, -0.2) is 4.79 Å². The Bertz CT molecular complexity index is 526. The molecule has 3 nitrogen and oxygen atoms in total. The number of nitrogens with zero attached hydrogens (tertiary/aromatic N) is 1. The third-order valence-corrected chi connectivity index (χ3v) is 2.65. The molecule has 0 saturated carbocycles. The third-order valence-electron chi connectivity index (χ3n) is 2.65. The van der Waals surface area contributed by atoms with Crippen LogP contribution in [0.1, 0.15) is 16.1 Å². The standard InChI is InChI=1S/C12H13NO2/c1-8-5-4-6-9-7-10(12(14)15-3)13(2)11(8)9/h4-7H,1-3H3. The Morgan fingerprint density at radius 3 is 2.73 bits per heavy atom. The lowest BCUT2D eigenvalue weighted by molar-refractivity contribution is 0.0590. The number of carbonyl (C=O) groups is 1. The fraction of sp³-hybridized carbons (Fsp3) is 0.250. The molecule has 2 aromatic rings. The van der Waals surface area contributed by atoms with Crippen LogP contribution in [0.15, 0.2) is 24.3 Å². The van der Waals surface area contributed by atoms with Gasteiger partial charge in [0.05, 0.1) is 12.6 Å². The second kappa shape index (κ2) is 3.42. The SMILES string of the molecule is COC(=O)c1cc2cccc(C)c2n1C. The third kappa shape index (κ3) is 1.40. The minimum atomic E-state index is -0.298. The van der Waals surface area contributed by atoms with Crippen molar-refractivity contribution in [2.75, 3.05) is 7.11 Å². The smallest absolute Gasteiger partial charge is 0.354 e. The van der Waals surface area contributed by atoms with Crippen molar-refractivity contribution in [1.29, 1.82) is 0 Å². The molecule has 0 unspecified atom stereocenters. The maximum atomic E-state index is 11.5. The topological polar surface area (TPSA) is 31.2 Å². The van der Waals surface area contributed by atoms with Gasteiger partial charge >= 0.3 is 5.97 Å². The van der Waals surface area contributed by atoms with E-state index in [4.69, 9.17) is 4.74 Å². The van der Waals surface area contributed by atoms with E-state index in [2.05, 4.69) is 0 Å². The van der Waals surface area contributed by atoms with Gasteiger partial charge in [-0.05, 0) is 18.6 Å². The molecule has 15 heavy (non-hydrogen) atoms. The number of hydrogen-bond donors (Lipinski definition) is 0. The van der Waals surface area contributed by atoms with Crippen molar-refractivity contribution < 1.29 is 9.53 Å². The molecule has 0 N–H and O–H groups in total. The van der Waals surface area contributed by atoms with Gasteiger partial charge in [-0.15, -0.1) is 0 Å².